The Hall–Kier alpha value is -1.66. The molecule has 0 bridgehead atoms. The van der Waals surface area contributed by atoms with Crippen molar-refractivity contribution in [1.29, 1.82) is 0 Å². The van der Waals surface area contributed by atoms with Gasteiger partial charge in [0, 0.05) is 4.88 Å². The molecule has 0 fully saturated rings. The largest absolute Gasteiger partial charge is 0.478 e. The van der Waals surface area contributed by atoms with Crippen LogP contribution in [-0.2, 0) is 6.54 Å². The van der Waals surface area contributed by atoms with E-state index in [0.29, 0.717) is 12.1 Å². The molecule has 1 aromatic carbocycles. The number of thiophene rings is 1. The molecule has 96 valence electrons. The first kappa shape index (κ1) is 12.4. The summed E-state index contributed by atoms with van der Waals surface area (Å²) in [6.45, 7) is 0.690. The molecule has 3 rings (SSSR count). The normalized spacial score (nSPS) is 11.0. The van der Waals surface area contributed by atoms with Crippen molar-refractivity contribution in [3.05, 3.63) is 50.9 Å². The van der Waals surface area contributed by atoms with E-state index in [2.05, 4.69) is 20.9 Å². The first-order chi connectivity index (χ1) is 9.15. The molecule has 0 radical (unpaired) electrons. The van der Waals surface area contributed by atoms with Gasteiger partial charge in [0.25, 0.3) is 0 Å². The van der Waals surface area contributed by atoms with Gasteiger partial charge in [0.05, 0.1) is 27.7 Å². The van der Waals surface area contributed by atoms with Gasteiger partial charge in [-0.2, -0.15) is 0 Å². The Balaban J connectivity index is 2.06. The maximum Gasteiger partial charge on any atom is 0.337 e. The molecule has 19 heavy (non-hydrogen) atoms. The number of imidazole rings is 1. The Morgan fingerprint density at radius 2 is 2.21 bits per heavy atom. The van der Waals surface area contributed by atoms with Gasteiger partial charge in [-0.3, -0.25) is 0 Å². The van der Waals surface area contributed by atoms with E-state index in [1.54, 1.807) is 29.8 Å². The number of halogens is 1. The van der Waals surface area contributed by atoms with Gasteiger partial charge in [-0.1, -0.05) is 6.07 Å². The second-order valence-electron chi connectivity index (χ2n) is 4.06. The highest BCUT2D eigenvalue weighted by Crippen LogP contribution is 2.24. The van der Waals surface area contributed by atoms with E-state index in [4.69, 9.17) is 5.11 Å². The number of hydrogen-bond donors (Lipinski definition) is 1. The van der Waals surface area contributed by atoms with Gasteiger partial charge in [-0.05, 0) is 40.2 Å². The number of hydrogen-bond acceptors (Lipinski definition) is 3. The molecule has 0 aliphatic carbocycles. The number of benzene rings is 1. The third kappa shape index (κ3) is 2.29. The minimum atomic E-state index is -0.949. The molecule has 0 saturated heterocycles. The molecule has 0 atom stereocenters. The fraction of sp³-hybridized carbons (Fsp3) is 0.0769. The minimum Gasteiger partial charge on any atom is -0.478 e. The molecular formula is C13H9BrN2O2S. The highest BCUT2D eigenvalue weighted by molar-refractivity contribution is 9.11. The Morgan fingerprint density at radius 1 is 1.37 bits per heavy atom. The smallest absolute Gasteiger partial charge is 0.337 e. The van der Waals surface area contributed by atoms with Gasteiger partial charge in [-0.25, -0.2) is 9.78 Å². The summed E-state index contributed by atoms with van der Waals surface area (Å²) in [6.07, 6.45) is 1.69. The third-order valence-electron chi connectivity index (χ3n) is 2.84. The van der Waals surface area contributed by atoms with Crippen molar-refractivity contribution in [2.45, 2.75) is 6.54 Å². The quantitative estimate of drug-likeness (QED) is 0.794. The van der Waals surface area contributed by atoms with Crippen molar-refractivity contribution in [1.82, 2.24) is 9.55 Å². The van der Waals surface area contributed by atoms with Crippen LogP contribution in [0.2, 0.25) is 0 Å². The highest BCUT2D eigenvalue weighted by Gasteiger charge is 2.12. The Morgan fingerprint density at radius 3 is 2.89 bits per heavy atom. The van der Waals surface area contributed by atoms with E-state index < -0.39 is 5.97 Å². The summed E-state index contributed by atoms with van der Waals surface area (Å²) in [6, 6.07) is 9.25. The molecule has 1 N–H and O–H groups in total. The first-order valence-electron chi connectivity index (χ1n) is 5.56. The van der Waals surface area contributed by atoms with Crippen LogP contribution < -0.4 is 0 Å². The molecule has 0 aliphatic heterocycles. The van der Waals surface area contributed by atoms with Crippen molar-refractivity contribution < 1.29 is 9.90 Å². The summed E-state index contributed by atoms with van der Waals surface area (Å²) in [4.78, 5) is 16.5. The maximum atomic E-state index is 11.1. The zero-order chi connectivity index (χ0) is 13.4. The van der Waals surface area contributed by atoms with E-state index in [1.807, 2.05) is 22.8 Å². The van der Waals surface area contributed by atoms with Crippen LogP contribution >= 0.6 is 27.3 Å². The highest BCUT2D eigenvalue weighted by atomic mass is 79.9. The fourth-order valence-corrected chi connectivity index (χ4v) is 3.47. The van der Waals surface area contributed by atoms with Gasteiger partial charge in [0.1, 0.15) is 5.52 Å². The zero-order valence-corrected chi connectivity index (χ0v) is 12.1. The number of para-hydroxylation sites is 1. The van der Waals surface area contributed by atoms with Gasteiger partial charge in [0.2, 0.25) is 0 Å². The number of aromatic carboxylic acids is 1. The van der Waals surface area contributed by atoms with Crippen LogP contribution in [0.15, 0.2) is 40.4 Å². The maximum absolute atomic E-state index is 11.1. The van der Waals surface area contributed by atoms with E-state index in [9.17, 15) is 4.79 Å². The van der Waals surface area contributed by atoms with Gasteiger partial charge in [0.15, 0.2) is 0 Å². The van der Waals surface area contributed by atoms with Crippen LogP contribution in [-0.4, -0.2) is 20.6 Å². The van der Waals surface area contributed by atoms with Crippen LogP contribution in [0.1, 0.15) is 15.2 Å². The molecule has 0 amide bonds. The predicted molar refractivity (Wildman–Crippen MR) is 77.8 cm³/mol. The fourth-order valence-electron chi connectivity index (χ4n) is 1.99. The molecule has 2 heterocycles. The zero-order valence-electron chi connectivity index (χ0n) is 9.71. The van der Waals surface area contributed by atoms with Gasteiger partial charge >= 0.3 is 5.97 Å². The lowest BCUT2D eigenvalue weighted by molar-refractivity contribution is 0.0699. The van der Waals surface area contributed by atoms with Crippen molar-refractivity contribution in [2.75, 3.05) is 0 Å². The van der Waals surface area contributed by atoms with E-state index in [-0.39, 0.29) is 5.56 Å². The Kier molecular flexibility index (Phi) is 3.12. The second kappa shape index (κ2) is 4.79. The average Bonchev–Trinajstić information content (AvgIpc) is 2.97. The van der Waals surface area contributed by atoms with Crippen molar-refractivity contribution in [2.24, 2.45) is 0 Å². The van der Waals surface area contributed by atoms with Crippen LogP contribution in [0, 0.1) is 0 Å². The molecule has 3 aromatic rings. The molecule has 2 aromatic heterocycles. The number of carbonyl (C=O) groups is 1. The van der Waals surface area contributed by atoms with E-state index >= 15 is 0 Å². The summed E-state index contributed by atoms with van der Waals surface area (Å²) in [5.74, 6) is -0.949. The Labute approximate surface area is 121 Å². The van der Waals surface area contributed by atoms with Crippen LogP contribution in [0.3, 0.4) is 0 Å². The van der Waals surface area contributed by atoms with Crippen molar-refractivity contribution in [3.8, 4) is 0 Å². The molecule has 0 spiro atoms. The van der Waals surface area contributed by atoms with Gasteiger partial charge in [-0.15, -0.1) is 11.3 Å². The van der Waals surface area contributed by atoms with Crippen LogP contribution in [0.4, 0.5) is 0 Å². The Bertz CT molecular complexity index is 763. The predicted octanol–water partition coefficient (Wildman–Crippen LogP) is 3.61. The van der Waals surface area contributed by atoms with Gasteiger partial charge < -0.3 is 9.67 Å². The summed E-state index contributed by atoms with van der Waals surface area (Å²) in [5.41, 5.74) is 1.61. The summed E-state index contributed by atoms with van der Waals surface area (Å²) in [5, 5.41) is 9.13. The topological polar surface area (TPSA) is 55.1 Å². The molecule has 6 heteroatoms. The number of aromatic nitrogens is 2. The number of carboxylic acids is 1. The van der Waals surface area contributed by atoms with Crippen molar-refractivity contribution in [3.63, 3.8) is 0 Å². The number of rotatable bonds is 3. The molecule has 4 nitrogen and oxygen atoms in total. The first-order valence-corrected chi connectivity index (χ1v) is 7.17. The summed E-state index contributed by atoms with van der Waals surface area (Å²) < 4.78 is 3.04. The lowest BCUT2D eigenvalue weighted by Gasteiger charge is -2.02. The molecule has 0 saturated carbocycles. The SMILES string of the molecule is O=C(O)c1cccc2c1ncn2Cc1ccc(Br)s1. The minimum absolute atomic E-state index is 0.239. The lowest BCUT2D eigenvalue weighted by Crippen LogP contribution is -1.99. The third-order valence-corrected chi connectivity index (χ3v) is 4.44. The monoisotopic (exact) mass is 336 g/mol. The second-order valence-corrected chi connectivity index (χ2v) is 6.60. The van der Waals surface area contributed by atoms with Crippen molar-refractivity contribution >= 4 is 44.3 Å². The number of carboxylic acid groups (broad SMARTS) is 1. The molecule has 0 unspecified atom stereocenters. The van der Waals surface area contributed by atoms with Crippen LogP contribution in [0.5, 0.6) is 0 Å². The summed E-state index contributed by atoms with van der Waals surface area (Å²) >= 11 is 5.09. The number of nitrogens with zero attached hydrogens (tertiary/aromatic N) is 2. The number of fused-ring (bicyclic) bond motifs is 1. The van der Waals surface area contributed by atoms with E-state index in [0.717, 1.165) is 9.30 Å². The molecular weight excluding hydrogens is 328 g/mol. The summed E-state index contributed by atoms with van der Waals surface area (Å²) in [7, 11) is 0. The van der Waals surface area contributed by atoms with E-state index in [1.165, 1.54) is 4.88 Å². The lowest BCUT2D eigenvalue weighted by atomic mass is 10.2. The molecule has 0 aliphatic rings. The van der Waals surface area contributed by atoms with Crippen LogP contribution in [0.25, 0.3) is 11.0 Å². The standard InChI is InChI=1S/C13H9BrN2O2S/c14-11-5-4-8(19-11)6-16-7-15-12-9(13(17)18)2-1-3-10(12)16/h1-5,7H,6H2,(H,17,18). The average molecular weight is 337 g/mol.